The van der Waals surface area contributed by atoms with Crippen LogP contribution in [0.4, 0.5) is 0 Å². The number of aromatic amines is 1. The van der Waals surface area contributed by atoms with Crippen molar-refractivity contribution in [2.45, 2.75) is 31.1 Å². The molecule has 0 radical (unpaired) electrons. The molecular weight excluding hydrogens is 298 g/mol. The van der Waals surface area contributed by atoms with E-state index in [0.29, 0.717) is 5.41 Å². The van der Waals surface area contributed by atoms with Gasteiger partial charge in [0.2, 0.25) is 0 Å². The lowest BCUT2D eigenvalue weighted by Gasteiger charge is -2.40. The van der Waals surface area contributed by atoms with Gasteiger partial charge in [0.15, 0.2) is 0 Å². The summed E-state index contributed by atoms with van der Waals surface area (Å²) in [6, 6.07) is 8.21. The lowest BCUT2D eigenvalue weighted by atomic mass is 9.77. The molecule has 1 N–H and O–H groups in total. The van der Waals surface area contributed by atoms with Gasteiger partial charge in [-0.15, -0.1) is 0 Å². The van der Waals surface area contributed by atoms with Crippen LogP contribution < -0.4 is 4.74 Å². The lowest BCUT2D eigenvalue weighted by Crippen LogP contribution is -2.45. The molecular formula is C20H25N3O. The van der Waals surface area contributed by atoms with Gasteiger partial charge >= 0.3 is 0 Å². The van der Waals surface area contributed by atoms with Gasteiger partial charge in [-0.05, 0) is 55.5 Å². The van der Waals surface area contributed by atoms with Crippen LogP contribution in [-0.2, 0) is 11.8 Å². The van der Waals surface area contributed by atoms with Gasteiger partial charge in [0.25, 0.3) is 0 Å². The summed E-state index contributed by atoms with van der Waals surface area (Å²) in [4.78, 5) is 2.58. The molecule has 0 amide bonds. The van der Waals surface area contributed by atoms with Crippen molar-refractivity contribution in [3.05, 3.63) is 53.4 Å². The van der Waals surface area contributed by atoms with Crippen molar-refractivity contribution in [3.8, 4) is 5.75 Å². The second kappa shape index (κ2) is 6.44. The number of fused-ring (bicyclic) bond motifs is 2. The third kappa shape index (κ3) is 2.86. The van der Waals surface area contributed by atoms with E-state index in [-0.39, 0.29) is 0 Å². The molecule has 2 aromatic rings. The first-order chi connectivity index (χ1) is 11.8. The Bertz CT molecular complexity index is 719. The van der Waals surface area contributed by atoms with Gasteiger partial charge in [-0.2, -0.15) is 5.10 Å². The van der Waals surface area contributed by atoms with E-state index in [1.165, 1.54) is 49.0 Å². The number of aryl methyl sites for hydroxylation is 1. The van der Waals surface area contributed by atoms with Crippen molar-refractivity contribution in [3.63, 3.8) is 0 Å². The smallest absolute Gasteiger partial charge is 0.118 e. The van der Waals surface area contributed by atoms with Gasteiger partial charge in [0.1, 0.15) is 5.75 Å². The Morgan fingerprint density at radius 3 is 3.00 bits per heavy atom. The number of hydrogen-bond acceptors (Lipinski definition) is 3. The van der Waals surface area contributed by atoms with E-state index in [2.05, 4.69) is 39.4 Å². The Morgan fingerprint density at radius 2 is 2.17 bits per heavy atom. The van der Waals surface area contributed by atoms with E-state index < -0.39 is 0 Å². The zero-order valence-electron chi connectivity index (χ0n) is 14.3. The molecule has 1 fully saturated rings. The minimum Gasteiger partial charge on any atom is -0.497 e. The highest BCUT2D eigenvalue weighted by Gasteiger charge is 2.43. The van der Waals surface area contributed by atoms with E-state index in [1.807, 2.05) is 18.3 Å². The number of methoxy groups -OCH3 is 1. The molecule has 0 saturated carbocycles. The van der Waals surface area contributed by atoms with Crippen molar-refractivity contribution in [2.75, 3.05) is 26.7 Å². The Morgan fingerprint density at radius 1 is 1.29 bits per heavy atom. The van der Waals surface area contributed by atoms with Gasteiger partial charge in [-0.1, -0.05) is 24.3 Å². The quantitative estimate of drug-likeness (QED) is 0.937. The molecule has 4 rings (SSSR count). The first kappa shape index (κ1) is 15.5. The van der Waals surface area contributed by atoms with Gasteiger partial charge in [-0.25, -0.2) is 0 Å². The molecule has 2 aliphatic rings. The van der Waals surface area contributed by atoms with Crippen LogP contribution in [0.3, 0.4) is 0 Å². The highest BCUT2D eigenvalue weighted by Crippen LogP contribution is 2.43. The monoisotopic (exact) mass is 323 g/mol. The number of benzene rings is 1. The van der Waals surface area contributed by atoms with E-state index in [4.69, 9.17) is 4.74 Å². The predicted molar refractivity (Wildman–Crippen MR) is 96.3 cm³/mol. The Balaban J connectivity index is 1.39. The van der Waals surface area contributed by atoms with Crippen molar-refractivity contribution in [2.24, 2.45) is 0 Å². The number of rotatable bonds is 4. The number of aromatic nitrogens is 2. The molecule has 4 heteroatoms. The SMILES string of the molecule is COc1ccc(/C=C/CN2CCCC3(CCc4cn[nH]c43)C2)cc1. The van der Waals surface area contributed by atoms with Crippen LogP contribution >= 0.6 is 0 Å². The normalized spacial score (nSPS) is 23.9. The number of nitrogens with one attached hydrogen (secondary N) is 1. The number of H-pyrrole nitrogens is 1. The number of ether oxygens (including phenoxy) is 1. The first-order valence-electron chi connectivity index (χ1n) is 8.85. The summed E-state index contributed by atoms with van der Waals surface area (Å²) in [5, 5.41) is 7.55. The zero-order chi connectivity index (χ0) is 16.4. The van der Waals surface area contributed by atoms with Crippen LogP contribution in [0.15, 0.2) is 36.5 Å². The van der Waals surface area contributed by atoms with Gasteiger partial charge < -0.3 is 4.74 Å². The first-order valence-corrected chi connectivity index (χ1v) is 8.85. The van der Waals surface area contributed by atoms with Crippen LogP contribution in [0, 0.1) is 0 Å². The van der Waals surface area contributed by atoms with Crippen molar-refractivity contribution < 1.29 is 4.74 Å². The number of likely N-dealkylation sites (tertiary alicyclic amines) is 1. The van der Waals surface area contributed by atoms with Crippen LogP contribution in [0.25, 0.3) is 6.08 Å². The number of nitrogens with zero attached hydrogens (tertiary/aromatic N) is 2. The van der Waals surface area contributed by atoms with Crippen LogP contribution in [0.1, 0.15) is 36.1 Å². The van der Waals surface area contributed by atoms with Crippen LogP contribution in [-0.4, -0.2) is 41.8 Å². The molecule has 1 spiro atoms. The molecule has 1 aromatic heterocycles. The molecule has 1 atom stereocenters. The fourth-order valence-electron chi connectivity index (χ4n) is 4.30. The van der Waals surface area contributed by atoms with Crippen molar-refractivity contribution in [1.82, 2.24) is 15.1 Å². The Hall–Kier alpha value is -2.07. The van der Waals surface area contributed by atoms with Crippen LogP contribution in [0.2, 0.25) is 0 Å². The molecule has 0 bridgehead atoms. The summed E-state index contributed by atoms with van der Waals surface area (Å²) in [6.45, 7) is 3.35. The summed E-state index contributed by atoms with van der Waals surface area (Å²) < 4.78 is 5.20. The predicted octanol–water partition coefficient (Wildman–Crippen LogP) is 3.41. The zero-order valence-corrected chi connectivity index (χ0v) is 14.3. The standard InChI is InChI=1S/C20H25N3O/c1-24-18-7-5-16(6-8-18)4-2-12-23-13-3-10-20(15-23)11-9-17-14-21-22-19(17)20/h2,4-8,14H,3,9-13,15H2,1H3,(H,21,22)/b4-2+. The number of hydrogen-bond donors (Lipinski definition) is 1. The highest BCUT2D eigenvalue weighted by molar-refractivity contribution is 5.50. The summed E-state index contributed by atoms with van der Waals surface area (Å²) in [7, 11) is 1.70. The maximum Gasteiger partial charge on any atom is 0.118 e. The third-order valence-corrected chi connectivity index (χ3v) is 5.57. The van der Waals surface area contributed by atoms with E-state index in [0.717, 1.165) is 18.8 Å². The molecule has 1 aromatic carbocycles. The fourth-order valence-corrected chi connectivity index (χ4v) is 4.30. The summed E-state index contributed by atoms with van der Waals surface area (Å²) in [6.07, 6.45) is 11.5. The average molecular weight is 323 g/mol. The summed E-state index contributed by atoms with van der Waals surface area (Å²) >= 11 is 0. The molecule has 126 valence electrons. The van der Waals surface area contributed by atoms with Crippen molar-refractivity contribution in [1.29, 1.82) is 0 Å². The molecule has 4 nitrogen and oxygen atoms in total. The van der Waals surface area contributed by atoms with Crippen molar-refractivity contribution >= 4 is 6.08 Å². The lowest BCUT2D eigenvalue weighted by molar-refractivity contribution is 0.156. The third-order valence-electron chi connectivity index (χ3n) is 5.57. The number of piperidine rings is 1. The fraction of sp³-hybridized carbons (Fsp3) is 0.450. The highest BCUT2D eigenvalue weighted by atomic mass is 16.5. The van der Waals surface area contributed by atoms with Gasteiger partial charge in [0, 0.05) is 24.2 Å². The molecule has 2 heterocycles. The minimum absolute atomic E-state index is 0.317. The van der Waals surface area contributed by atoms with E-state index in [9.17, 15) is 0 Å². The van der Waals surface area contributed by atoms with E-state index in [1.54, 1.807) is 7.11 Å². The summed E-state index contributed by atoms with van der Waals surface area (Å²) in [5.41, 5.74) is 4.38. The van der Waals surface area contributed by atoms with E-state index >= 15 is 0 Å². The second-order valence-electron chi connectivity index (χ2n) is 7.06. The average Bonchev–Trinajstić information content (AvgIpc) is 3.21. The molecule has 1 aliphatic carbocycles. The van der Waals surface area contributed by atoms with Crippen LogP contribution in [0.5, 0.6) is 5.75 Å². The largest absolute Gasteiger partial charge is 0.497 e. The molecule has 1 saturated heterocycles. The Kier molecular flexibility index (Phi) is 4.15. The molecule has 24 heavy (non-hydrogen) atoms. The minimum atomic E-state index is 0.317. The molecule has 1 aliphatic heterocycles. The summed E-state index contributed by atoms with van der Waals surface area (Å²) in [5.74, 6) is 0.904. The van der Waals surface area contributed by atoms with Gasteiger partial charge in [0.05, 0.1) is 13.3 Å². The topological polar surface area (TPSA) is 41.1 Å². The van der Waals surface area contributed by atoms with Gasteiger partial charge in [-0.3, -0.25) is 10.00 Å². The second-order valence-corrected chi connectivity index (χ2v) is 7.06. The maximum atomic E-state index is 5.20. The Labute approximate surface area is 143 Å². The molecule has 1 unspecified atom stereocenters. The maximum absolute atomic E-state index is 5.20.